The normalized spacial score (nSPS) is 10.5. The van der Waals surface area contributed by atoms with Crippen molar-refractivity contribution >= 4 is 29.4 Å². The van der Waals surface area contributed by atoms with Gasteiger partial charge in [0.05, 0.1) is 6.20 Å². The van der Waals surface area contributed by atoms with Crippen molar-refractivity contribution in [1.29, 1.82) is 0 Å². The van der Waals surface area contributed by atoms with Gasteiger partial charge < -0.3 is 16.4 Å². The number of benzene rings is 2. The highest BCUT2D eigenvalue weighted by Crippen LogP contribution is 2.22. The van der Waals surface area contributed by atoms with Crippen molar-refractivity contribution in [2.75, 3.05) is 11.6 Å². The second kappa shape index (κ2) is 8.57. The molecule has 0 bridgehead atoms. The Kier molecular flexibility index (Phi) is 5.95. The SMILES string of the molecule is CSc1ncc(C(=O)NCc2ccc(NC(N)=O)cc2)n1-c1ccc(F)cc1. The molecule has 0 aliphatic rings. The molecule has 3 aromatic rings. The maximum absolute atomic E-state index is 13.2. The second-order valence-corrected chi connectivity index (χ2v) is 6.58. The number of halogens is 1. The van der Waals surface area contributed by atoms with E-state index in [0.717, 1.165) is 5.56 Å². The Morgan fingerprint density at radius 3 is 2.43 bits per heavy atom. The van der Waals surface area contributed by atoms with Crippen molar-refractivity contribution in [3.63, 3.8) is 0 Å². The van der Waals surface area contributed by atoms with Crippen LogP contribution in [0.1, 0.15) is 16.1 Å². The van der Waals surface area contributed by atoms with E-state index in [1.807, 2.05) is 6.26 Å². The molecule has 0 saturated carbocycles. The van der Waals surface area contributed by atoms with E-state index in [1.54, 1.807) is 41.0 Å². The van der Waals surface area contributed by atoms with Crippen LogP contribution in [-0.4, -0.2) is 27.7 Å². The molecule has 144 valence electrons. The predicted octanol–water partition coefficient (Wildman–Crippen LogP) is 3.15. The summed E-state index contributed by atoms with van der Waals surface area (Å²) in [5.74, 6) is -0.661. The van der Waals surface area contributed by atoms with E-state index in [-0.39, 0.29) is 11.7 Å². The molecule has 3 amide bonds. The number of nitrogens with one attached hydrogen (secondary N) is 2. The molecule has 1 aromatic heterocycles. The number of rotatable bonds is 6. The van der Waals surface area contributed by atoms with Crippen LogP contribution in [0.4, 0.5) is 14.9 Å². The molecular formula is C19H18FN5O2S. The van der Waals surface area contributed by atoms with Gasteiger partial charge in [0.2, 0.25) is 0 Å². The quantitative estimate of drug-likeness (QED) is 0.554. The predicted molar refractivity (Wildman–Crippen MR) is 106 cm³/mol. The molecule has 0 aliphatic heterocycles. The third-order valence-corrected chi connectivity index (χ3v) is 4.56. The van der Waals surface area contributed by atoms with Gasteiger partial charge in [-0.1, -0.05) is 23.9 Å². The zero-order chi connectivity index (χ0) is 20.1. The number of aromatic nitrogens is 2. The number of hydrogen-bond acceptors (Lipinski definition) is 4. The fraction of sp³-hybridized carbons (Fsp3) is 0.105. The Morgan fingerprint density at radius 1 is 1.14 bits per heavy atom. The number of carbonyl (C=O) groups excluding carboxylic acids is 2. The van der Waals surface area contributed by atoms with Crippen LogP contribution in [0.2, 0.25) is 0 Å². The summed E-state index contributed by atoms with van der Waals surface area (Å²) < 4.78 is 14.9. The molecule has 0 spiro atoms. The minimum Gasteiger partial charge on any atom is -0.351 e. The molecule has 0 radical (unpaired) electrons. The number of thioether (sulfide) groups is 1. The van der Waals surface area contributed by atoms with Gasteiger partial charge in [-0.25, -0.2) is 14.2 Å². The third-order valence-electron chi connectivity index (χ3n) is 3.90. The smallest absolute Gasteiger partial charge is 0.316 e. The van der Waals surface area contributed by atoms with E-state index in [4.69, 9.17) is 5.73 Å². The van der Waals surface area contributed by atoms with E-state index in [2.05, 4.69) is 15.6 Å². The Balaban J connectivity index is 1.75. The summed E-state index contributed by atoms with van der Waals surface area (Å²) in [6, 6.07) is 12.2. The Labute approximate surface area is 165 Å². The average Bonchev–Trinajstić information content (AvgIpc) is 3.11. The highest BCUT2D eigenvalue weighted by atomic mass is 32.2. The molecule has 1 heterocycles. The van der Waals surface area contributed by atoms with E-state index in [9.17, 15) is 14.0 Å². The van der Waals surface area contributed by atoms with Crippen LogP contribution in [0.5, 0.6) is 0 Å². The summed E-state index contributed by atoms with van der Waals surface area (Å²) >= 11 is 1.39. The number of nitrogens with two attached hydrogens (primary N) is 1. The number of anilines is 1. The van der Waals surface area contributed by atoms with Crippen LogP contribution in [0.25, 0.3) is 5.69 Å². The van der Waals surface area contributed by atoms with E-state index < -0.39 is 6.03 Å². The fourth-order valence-electron chi connectivity index (χ4n) is 2.60. The van der Waals surface area contributed by atoms with Gasteiger partial charge in [0.1, 0.15) is 11.5 Å². The summed E-state index contributed by atoms with van der Waals surface area (Å²) in [6.07, 6.45) is 3.34. The van der Waals surface area contributed by atoms with Crippen LogP contribution in [0.15, 0.2) is 59.9 Å². The number of hydrogen-bond donors (Lipinski definition) is 3. The number of urea groups is 1. The third kappa shape index (κ3) is 4.49. The second-order valence-electron chi connectivity index (χ2n) is 5.81. The minimum absolute atomic E-state index is 0.291. The lowest BCUT2D eigenvalue weighted by molar-refractivity contribution is 0.0943. The van der Waals surface area contributed by atoms with E-state index in [1.165, 1.54) is 30.1 Å². The lowest BCUT2D eigenvalue weighted by atomic mass is 10.2. The van der Waals surface area contributed by atoms with Gasteiger partial charge in [0, 0.05) is 17.9 Å². The number of primary amides is 1. The Hall–Kier alpha value is -3.33. The molecule has 2 aromatic carbocycles. The minimum atomic E-state index is -0.639. The zero-order valence-electron chi connectivity index (χ0n) is 15.0. The molecule has 0 saturated heterocycles. The summed E-state index contributed by atoms with van der Waals surface area (Å²) in [5, 5.41) is 5.94. The summed E-state index contributed by atoms with van der Waals surface area (Å²) in [7, 11) is 0. The first-order valence-electron chi connectivity index (χ1n) is 8.29. The zero-order valence-corrected chi connectivity index (χ0v) is 15.8. The van der Waals surface area contributed by atoms with Crippen molar-refractivity contribution in [1.82, 2.24) is 14.9 Å². The standard InChI is InChI=1S/C19H18FN5O2S/c1-28-19-23-11-16(25(19)15-8-4-13(20)5-9-15)17(26)22-10-12-2-6-14(7-3-12)24-18(21)27/h2-9,11H,10H2,1H3,(H,22,26)(H3,21,24,27). The molecule has 4 N–H and O–H groups in total. The summed E-state index contributed by atoms with van der Waals surface area (Å²) in [4.78, 5) is 27.8. The molecule has 0 aliphatic carbocycles. The molecule has 7 nitrogen and oxygen atoms in total. The molecular weight excluding hydrogens is 381 g/mol. The topological polar surface area (TPSA) is 102 Å². The van der Waals surface area contributed by atoms with Crippen LogP contribution in [0, 0.1) is 5.82 Å². The summed E-state index contributed by atoms with van der Waals surface area (Å²) in [6.45, 7) is 0.291. The largest absolute Gasteiger partial charge is 0.351 e. The number of amides is 3. The number of imidazole rings is 1. The van der Waals surface area contributed by atoms with Gasteiger partial charge >= 0.3 is 6.03 Å². The number of carbonyl (C=O) groups is 2. The van der Waals surface area contributed by atoms with Gasteiger partial charge in [-0.15, -0.1) is 0 Å². The monoisotopic (exact) mass is 399 g/mol. The highest BCUT2D eigenvalue weighted by Gasteiger charge is 2.17. The van der Waals surface area contributed by atoms with Crippen LogP contribution < -0.4 is 16.4 Å². The molecule has 0 fully saturated rings. The fourth-order valence-corrected chi connectivity index (χ4v) is 3.14. The van der Waals surface area contributed by atoms with E-state index >= 15 is 0 Å². The van der Waals surface area contributed by atoms with E-state index in [0.29, 0.717) is 28.8 Å². The van der Waals surface area contributed by atoms with Crippen molar-refractivity contribution in [3.8, 4) is 5.69 Å². The highest BCUT2D eigenvalue weighted by molar-refractivity contribution is 7.98. The first-order valence-corrected chi connectivity index (χ1v) is 9.51. The van der Waals surface area contributed by atoms with Gasteiger partial charge in [-0.2, -0.15) is 0 Å². The molecule has 3 rings (SSSR count). The molecule has 0 unspecified atom stereocenters. The average molecular weight is 399 g/mol. The Morgan fingerprint density at radius 2 is 1.82 bits per heavy atom. The maximum atomic E-state index is 13.2. The number of nitrogens with zero attached hydrogens (tertiary/aromatic N) is 2. The van der Waals surface area contributed by atoms with Crippen LogP contribution >= 0.6 is 11.8 Å². The maximum Gasteiger partial charge on any atom is 0.316 e. The summed E-state index contributed by atoms with van der Waals surface area (Å²) in [5.41, 5.74) is 7.49. The van der Waals surface area contributed by atoms with Crippen molar-refractivity contribution in [2.45, 2.75) is 11.7 Å². The molecule has 9 heteroatoms. The first-order chi connectivity index (χ1) is 13.5. The van der Waals surface area contributed by atoms with Crippen molar-refractivity contribution in [2.24, 2.45) is 5.73 Å². The van der Waals surface area contributed by atoms with Crippen LogP contribution in [0.3, 0.4) is 0 Å². The van der Waals surface area contributed by atoms with Gasteiger partial charge in [-0.3, -0.25) is 9.36 Å². The molecule has 0 atom stereocenters. The lowest BCUT2D eigenvalue weighted by Crippen LogP contribution is -2.25. The van der Waals surface area contributed by atoms with Gasteiger partial charge in [0.15, 0.2) is 5.16 Å². The Bertz CT molecular complexity index is 987. The first kappa shape index (κ1) is 19.4. The van der Waals surface area contributed by atoms with Gasteiger partial charge in [0.25, 0.3) is 5.91 Å². The molecule has 28 heavy (non-hydrogen) atoms. The van der Waals surface area contributed by atoms with Gasteiger partial charge in [-0.05, 0) is 48.2 Å². The van der Waals surface area contributed by atoms with Crippen molar-refractivity contribution in [3.05, 3.63) is 71.8 Å². The van der Waals surface area contributed by atoms with Crippen LogP contribution in [-0.2, 0) is 6.54 Å². The lowest BCUT2D eigenvalue weighted by Gasteiger charge is -2.11. The van der Waals surface area contributed by atoms with Crippen molar-refractivity contribution < 1.29 is 14.0 Å².